The summed E-state index contributed by atoms with van der Waals surface area (Å²) in [6.07, 6.45) is 1.49. The highest BCUT2D eigenvalue weighted by Gasteiger charge is 2.13. The molecule has 1 atom stereocenters. The van der Waals surface area contributed by atoms with Gasteiger partial charge in [0, 0.05) is 6.07 Å². The highest BCUT2D eigenvalue weighted by Crippen LogP contribution is 2.16. The fraction of sp³-hybridized carbons (Fsp3) is 0.154. The summed E-state index contributed by atoms with van der Waals surface area (Å²) >= 11 is 0. The van der Waals surface area contributed by atoms with Crippen LogP contribution in [0.15, 0.2) is 41.0 Å². The maximum Gasteiger partial charge on any atom is 0.319 e. The second kappa shape index (κ2) is 5.51. The van der Waals surface area contributed by atoms with Crippen LogP contribution in [0.25, 0.3) is 0 Å². The number of nitrogens with one attached hydrogen (secondary N) is 2. The van der Waals surface area contributed by atoms with Gasteiger partial charge in [-0.2, -0.15) is 0 Å². The lowest BCUT2D eigenvalue weighted by molar-refractivity contribution is 0.247. The molecule has 2 rings (SSSR count). The average molecular weight is 266 g/mol. The minimum Gasteiger partial charge on any atom is -0.467 e. The van der Waals surface area contributed by atoms with Crippen molar-refractivity contribution < 1.29 is 18.0 Å². The Morgan fingerprint density at radius 3 is 2.74 bits per heavy atom. The number of carbonyl (C=O) groups is 1. The first kappa shape index (κ1) is 13.1. The molecule has 0 aliphatic carbocycles. The van der Waals surface area contributed by atoms with E-state index < -0.39 is 17.7 Å². The second-order valence-corrected chi connectivity index (χ2v) is 3.96. The van der Waals surface area contributed by atoms with Gasteiger partial charge in [0.05, 0.1) is 18.0 Å². The van der Waals surface area contributed by atoms with Gasteiger partial charge in [0.2, 0.25) is 0 Å². The highest BCUT2D eigenvalue weighted by molar-refractivity contribution is 5.89. The van der Waals surface area contributed by atoms with Crippen LogP contribution in [0, 0.1) is 11.6 Å². The molecule has 100 valence electrons. The summed E-state index contributed by atoms with van der Waals surface area (Å²) in [5.74, 6) is -0.956. The average Bonchev–Trinajstić information content (AvgIpc) is 2.86. The van der Waals surface area contributed by atoms with Crippen LogP contribution in [0.3, 0.4) is 0 Å². The standard InChI is InChI=1S/C13H12F2N2O2/c1-8(12-3-2-6-19-12)16-13(18)17-11-5-4-9(14)7-10(11)15/h2-8H,1H3,(H2,16,17,18). The predicted octanol–water partition coefficient (Wildman–Crippen LogP) is 3.44. The monoisotopic (exact) mass is 266 g/mol. The molecule has 0 radical (unpaired) electrons. The summed E-state index contributed by atoms with van der Waals surface area (Å²) in [5, 5.41) is 4.87. The van der Waals surface area contributed by atoms with E-state index in [9.17, 15) is 13.6 Å². The van der Waals surface area contributed by atoms with Crippen LogP contribution in [-0.2, 0) is 0 Å². The SMILES string of the molecule is CC(NC(=O)Nc1ccc(F)cc1F)c1ccco1. The number of rotatable bonds is 3. The molecule has 2 N–H and O–H groups in total. The number of benzene rings is 1. The number of halogens is 2. The Hall–Kier alpha value is -2.37. The minimum atomic E-state index is -0.833. The molecule has 0 saturated heterocycles. The summed E-state index contributed by atoms with van der Waals surface area (Å²) in [5.41, 5.74) is -0.0921. The molecule has 1 aromatic carbocycles. The van der Waals surface area contributed by atoms with Gasteiger partial charge in [0.25, 0.3) is 0 Å². The minimum absolute atomic E-state index is 0.0921. The summed E-state index contributed by atoms with van der Waals surface area (Å²) in [6.45, 7) is 1.72. The summed E-state index contributed by atoms with van der Waals surface area (Å²) in [6, 6.07) is 5.36. The lowest BCUT2D eigenvalue weighted by Gasteiger charge is -2.12. The van der Waals surface area contributed by atoms with Crippen LogP contribution < -0.4 is 10.6 Å². The molecule has 1 heterocycles. The van der Waals surface area contributed by atoms with Gasteiger partial charge < -0.3 is 15.1 Å². The number of carbonyl (C=O) groups excluding carboxylic acids is 1. The quantitative estimate of drug-likeness (QED) is 0.894. The van der Waals surface area contributed by atoms with Crippen LogP contribution in [0.4, 0.5) is 19.3 Å². The molecule has 4 nitrogen and oxygen atoms in total. The zero-order valence-corrected chi connectivity index (χ0v) is 10.1. The van der Waals surface area contributed by atoms with Gasteiger partial charge in [-0.3, -0.25) is 0 Å². The summed E-state index contributed by atoms with van der Waals surface area (Å²) in [7, 11) is 0. The predicted molar refractivity (Wildman–Crippen MR) is 65.6 cm³/mol. The van der Waals surface area contributed by atoms with E-state index in [0.29, 0.717) is 11.8 Å². The first-order valence-electron chi connectivity index (χ1n) is 5.62. The van der Waals surface area contributed by atoms with Gasteiger partial charge in [-0.1, -0.05) is 0 Å². The molecule has 0 bridgehead atoms. The first-order valence-corrected chi connectivity index (χ1v) is 5.62. The van der Waals surface area contributed by atoms with Crippen molar-refractivity contribution in [2.24, 2.45) is 0 Å². The van der Waals surface area contributed by atoms with Crippen molar-refractivity contribution in [2.45, 2.75) is 13.0 Å². The van der Waals surface area contributed by atoms with E-state index in [-0.39, 0.29) is 11.7 Å². The zero-order chi connectivity index (χ0) is 13.8. The zero-order valence-electron chi connectivity index (χ0n) is 10.1. The second-order valence-electron chi connectivity index (χ2n) is 3.96. The van der Waals surface area contributed by atoms with Gasteiger partial charge in [-0.25, -0.2) is 13.6 Å². The molecule has 0 fully saturated rings. The van der Waals surface area contributed by atoms with E-state index in [4.69, 9.17) is 4.42 Å². The molecule has 0 saturated carbocycles. The van der Waals surface area contributed by atoms with E-state index in [0.717, 1.165) is 12.1 Å². The Morgan fingerprint density at radius 1 is 1.32 bits per heavy atom. The normalized spacial score (nSPS) is 11.9. The maximum atomic E-state index is 13.3. The molecule has 2 amide bonds. The number of furan rings is 1. The van der Waals surface area contributed by atoms with Crippen molar-refractivity contribution in [2.75, 3.05) is 5.32 Å². The Balaban J connectivity index is 1.98. The number of anilines is 1. The third kappa shape index (κ3) is 3.31. The number of urea groups is 1. The van der Waals surface area contributed by atoms with Crippen molar-refractivity contribution in [3.63, 3.8) is 0 Å². The Morgan fingerprint density at radius 2 is 2.11 bits per heavy atom. The number of hydrogen-bond acceptors (Lipinski definition) is 2. The van der Waals surface area contributed by atoms with E-state index >= 15 is 0 Å². The van der Waals surface area contributed by atoms with E-state index in [1.807, 2.05) is 0 Å². The van der Waals surface area contributed by atoms with Crippen molar-refractivity contribution in [1.82, 2.24) is 5.32 Å². The van der Waals surface area contributed by atoms with Gasteiger partial charge in [0.1, 0.15) is 17.4 Å². The molecular weight excluding hydrogens is 254 g/mol. The number of hydrogen-bond donors (Lipinski definition) is 2. The van der Waals surface area contributed by atoms with E-state index in [1.165, 1.54) is 6.26 Å². The third-order valence-electron chi connectivity index (χ3n) is 2.50. The summed E-state index contributed by atoms with van der Waals surface area (Å²) < 4.78 is 31.1. The molecule has 19 heavy (non-hydrogen) atoms. The first-order chi connectivity index (χ1) is 9.06. The third-order valence-corrected chi connectivity index (χ3v) is 2.50. The van der Waals surface area contributed by atoms with Crippen LogP contribution in [0.2, 0.25) is 0 Å². The van der Waals surface area contributed by atoms with E-state index in [2.05, 4.69) is 10.6 Å². The van der Waals surface area contributed by atoms with Gasteiger partial charge in [0.15, 0.2) is 0 Å². The smallest absolute Gasteiger partial charge is 0.319 e. The Bertz CT molecular complexity index is 570. The molecule has 0 aliphatic heterocycles. The molecule has 0 aliphatic rings. The Labute approximate surface area is 108 Å². The molecule has 1 unspecified atom stereocenters. The van der Waals surface area contributed by atoms with Gasteiger partial charge in [-0.15, -0.1) is 0 Å². The lowest BCUT2D eigenvalue weighted by Crippen LogP contribution is -2.31. The molecule has 1 aromatic heterocycles. The summed E-state index contributed by atoms with van der Waals surface area (Å²) in [4.78, 5) is 11.6. The molecule has 6 heteroatoms. The topological polar surface area (TPSA) is 54.3 Å². The Kier molecular flexibility index (Phi) is 3.79. The van der Waals surface area contributed by atoms with Crippen LogP contribution in [0.1, 0.15) is 18.7 Å². The van der Waals surface area contributed by atoms with Gasteiger partial charge >= 0.3 is 6.03 Å². The molecule has 0 spiro atoms. The fourth-order valence-electron chi connectivity index (χ4n) is 1.55. The van der Waals surface area contributed by atoms with Crippen LogP contribution >= 0.6 is 0 Å². The van der Waals surface area contributed by atoms with Crippen LogP contribution in [-0.4, -0.2) is 6.03 Å². The number of amides is 2. The maximum absolute atomic E-state index is 13.3. The van der Waals surface area contributed by atoms with Crippen molar-refractivity contribution in [3.8, 4) is 0 Å². The van der Waals surface area contributed by atoms with Gasteiger partial charge in [-0.05, 0) is 31.2 Å². The molecular formula is C13H12F2N2O2. The lowest BCUT2D eigenvalue weighted by atomic mass is 10.2. The van der Waals surface area contributed by atoms with Crippen molar-refractivity contribution in [1.29, 1.82) is 0 Å². The highest BCUT2D eigenvalue weighted by atomic mass is 19.1. The van der Waals surface area contributed by atoms with Crippen molar-refractivity contribution in [3.05, 3.63) is 54.0 Å². The fourth-order valence-corrected chi connectivity index (χ4v) is 1.55. The van der Waals surface area contributed by atoms with E-state index in [1.54, 1.807) is 19.1 Å². The van der Waals surface area contributed by atoms with Crippen molar-refractivity contribution >= 4 is 11.7 Å². The van der Waals surface area contributed by atoms with Crippen LogP contribution in [0.5, 0.6) is 0 Å². The largest absolute Gasteiger partial charge is 0.467 e. The molecule has 2 aromatic rings.